The molecule has 0 aliphatic heterocycles. The SMILES string of the molecule is C=C[C@H](N)[C@H](C[C@H](O[Si](C)(C)C(C)(C)C)C(C)C)OC. The maximum absolute atomic E-state index is 6.56. The second-order valence-electron chi connectivity index (χ2n) is 7.48. The lowest BCUT2D eigenvalue weighted by molar-refractivity contribution is 0.0265. The summed E-state index contributed by atoms with van der Waals surface area (Å²) >= 11 is 0. The Labute approximate surface area is 127 Å². The predicted octanol–water partition coefficient (Wildman–Crippen LogP) is 3.95. The van der Waals surface area contributed by atoms with Crippen molar-refractivity contribution in [1.29, 1.82) is 0 Å². The van der Waals surface area contributed by atoms with Gasteiger partial charge in [-0.1, -0.05) is 40.7 Å². The highest BCUT2D eigenvalue weighted by atomic mass is 28.4. The first-order valence-corrected chi connectivity index (χ1v) is 10.5. The smallest absolute Gasteiger partial charge is 0.192 e. The summed E-state index contributed by atoms with van der Waals surface area (Å²) in [6.07, 6.45) is 2.70. The van der Waals surface area contributed by atoms with Gasteiger partial charge in [-0.15, -0.1) is 6.58 Å². The lowest BCUT2D eigenvalue weighted by Gasteiger charge is -2.41. The molecule has 0 bridgehead atoms. The minimum atomic E-state index is -1.78. The van der Waals surface area contributed by atoms with Crippen molar-refractivity contribution < 1.29 is 9.16 Å². The Morgan fingerprint density at radius 1 is 1.20 bits per heavy atom. The van der Waals surface area contributed by atoms with E-state index in [2.05, 4.69) is 54.3 Å². The molecule has 0 rings (SSSR count). The van der Waals surface area contributed by atoms with E-state index in [0.29, 0.717) is 5.92 Å². The zero-order valence-electron chi connectivity index (χ0n) is 14.7. The standard InChI is InChI=1S/C16H35NO2Si/c1-10-13(17)15(18-7)11-14(12(2)3)19-20(8,9)16(4,5)6/h10,12-15H,1,11,17H2,2-9H3/t13-,14-,15-/m0/s1. The molecule has 0 heterocycles. The molecule has 0 aromatic heterocycles. The average Bonchev–Trinajstić information content (AvgIpc) is 2.31. The van der Waals surface area contributed by atoms with Crippen LogP contribution >= 0.6 is 0 Å². The zero-order valence-corrected chi connectivity index (χ0v) is 15.7. The molecule has 0 aliphatic carbocycles. The van der Waals surface area contributed by atoms with Crippen LogP contribution < -0.4 is 5.73 Å². The van der Waals surface area contributed by atoms with Crippen LogP contribution in [0.15, 0.2) is 12.7 Å². The van der Waals surface area contributed by atoms with Gasteiger partial charge in [0.15, 0.2) is 8.32 Å². The average molecular weight is 302 g/mol. The quantitative estimate of drug-likeness (QED) is 0.545. The highest BCUT2D eigenvalue weighted by Crippen LogP contribution is 2.38. The number of nitrogens with two attached hydrogens (primary N) is 1. The van der Waals surface area contributed by atoms with Gasteiger partial charge in [0.1, 0.15) is 0 Å². The molecule has 0 unspecified atom stereocenters. The van der Waals surface area contributed by atoms with E-state index >= 15 is 0 Å². The van der Waals surface area contributed by atoms with E-state index in [1.807, 2.05) is 0 Å². The van der Waals surface area contributed by atoms with Gasteiger partial charge in [-0.2, -0.15) is 0 Å². The fraction of sp³-hybridized carbons (Fsp3) is 0.875. The Kier molecular flexibility index (Phi) is 7.67. The third-order valence-corrected chi connectivity index (χ3v) is 8.97. The summed E-state index contributed by atoms with van der Waals surface area (Å²) in [5, 5.41) is 0.212. The summed E-state index contributed by atoms with van der Waals surface area (Å²) in [7, 11) is -0.0714. The fourth-order valence-corrected chi connectivity index (χ4v) is 3.28. The summed E-state index contributed by atoms with van der Waals surface area (Å²) in [6.45, 7) is 19.5. The van der Waals surface area contributed by atoms with E-state index in [4.69, 9.17) is 14.9 Å². The second kappa shape index (κ2) is 7.73. The summed E-state index contributed by atoms with van der Waals surface area (Å²) in [6, 6.07) is -0.149. The van der Waals surface area contributed by atoms with Crippen LogP contribution in [-0.4, -0.2) is 33.7 Å². The van der Waals surface area contributed by atoms with Gasteiger partial charge < -0.3 is 14.9 Å². The Morgan fingerprint density at radius 2 is 1.70 bits per heavy atom. The third-order valence-electron chi connectivity index (χ3n) is 4.46. The molecule has 0 saturated heterocycles. The molecule has 0 aromatic carbocycles. The Hall–Kier alpha value is -0.163. The van der Waals surface area contributed by atoms with Crippen molar-refractivity contribution in [2.24, 2.45) is 11.7 Å². The number of ether oxygens (including phenoxy) is 1. The molecular weight excluding hydrogens is 266 g/mol. The first-order chi connectivity index (χ1) is 8.96. The predicted molar refractivity (Wildman–Crippen MR) is 90.5 cm³/mol. The number of methoxy groups -OCH3 is 1. The Morgan fingerprint density at radius 3 is 2.00 bits per heavy atom. The van der Waals surface area contributed by atoms with E-state index in [0.717, 1.165) is 6.42 Å². The van der Waals surface area contributed by atoms with Crippen LogP contribution in [0.3, 0.4) is 0 Å². The molecule has 20 heavy (non-hydrogen) atoms. The van der Waals surface area contributed by atoms with Gasteiger partial charge in [-0.3, -0.25) is 0 Å². The lowest BCUT2D eigenvalue weighted by Crippen LogP contribution is -2.47. The van der Waals surface area contributed by atoms with Gasteiger partial charge in [0.25, 0.3) is 0 Å². The lowest BCUT2D eigenvalue weighted by atomic mass is 9.97. The molecule has 2 N–H and O–H groups in total. The molecule has 120 valence electrons. The van der Waals surface area contributed by atoms with Crippen LogP contribution in [0.1, 0.15) is 41.0 Å². The maximum atomic E-state index is 6.56. The second-order valence-corrected chi connectivity index (χ2v) is 12.2. The van der Waals surface area contributed by atoms with Crippen LogP contribution in [0, 0.1) is 5.92 Å². The van der Waals surface area contributed by atoms with E-state index in [1.165, 1.54) is 0 Å². The molecule has 0 saturated carbocycles. The van der Waals surface area contributed by atoms with E-state index in [9.17, 15) is 0 Å². The molecule has 4 heteroatoms. The third kappa shape index (κ3) is 5.68. The fourth-order valence-electron chi connectivity index (χ4n) is 1.80. The van der Waals surface area contributed by atoms with Crippen molar-refractivity contribution in [1.82, 2.24) is 0 Å². The summed E-state index contributed by atoms with van der Waals surface area (Å²) < 4.78 is 12.1. The minimum absolute atomic E-state index is 0.0373. The maximum Gasteiger partial charge on any atom is 0.192 e. The van der Waals surface area contributed by atoms with Gasteiger partial charge >= 0.3 is 0 Å². The van der Waals surface area contributed by atoms with E-state index in [1.54, 1.807) is 13.2 Å². The van der Waals surface area contributed by atoms with Crippen LogP contribution in [0.4, 0.5) is 0 Å². The molecule has 0 aromatic rings. The highest BCUT2D eigenvalue weighted by molar-refractivity contribution is 6.74. The van der Waals surface area contributed by atoms with Crippen molar-refractivity contribution in [3.63, 3.8) is 0 Å². The molecule has 0 amide bonds. The van der Waals surface area contributed by atoms with Crippen molar-refractivity contribution in [3.05, 3.63) is 12.7 Å². The number of hydrogen-bond acceptors (Lipinski definition) is 3. The largest absolute Gasteiger partial charge is 0.414 e. The van der Waals surface area contributed by atoms with Gasteiger partial charge in [-0.25, -0.2) is 0 Å². The molecule has 0 radical (unpaired) electrons. The molecule has 3 atom stereocenters. The van der Waals surface area contributed by atoms with Crippen molar-refractivity contribution in [2.75, 3.05) is 7.11 Å². The zero-order chi connectivity index (χ0) is 16.1. The van der Waals surface area contributed by atoms with Crippen LogP contribution in [0.25, 0.3) is 0 Å². The molecule has 0 aliphatic rings. The molecule has 3 nitrogen and oxygen atoms in total. The van der Waals surface area contributed by atoms with Gasteiger partial charge in [-0.05, 0) is 24.1 Å². The van der Waals surface area contributed by atoms with Crippen molar-refractivity contribution in [3.8, 4) is 0 Å². The van der Waals surface area contributed by atoms with Gasteiger partial charge in [0.2, 0.25) is 0 Å². The van der Waals surface area contributed by atoms with Crippen LogP contribution in [0.2, 0.25) is 18.1 Å². The number of hydrogen-bond donors (Lipinski definition) is 1. The van der Waals surface area contributed by atoms with Gasteiger partial charge in [0, 0.05) is 25.7 Å². The summed E-state index contributed by atoms with van der Waals surface area (Å²) in [5.74, 6) is 0.443. The van der Waals surface area contributed by atoms with Gasteiger partial charge in [0.05, 0.1) is 6.10 Å². The van der Waals surface area contributed by atoms with Crippen molar-refractivity contribution >= 4 is 8.32 Å². The Balaban J connectivity index is 4.95. The topological polar surface area (TPSA) is 44.5 Å². The first kappa shape index (κ1) is 19.8. The molecule has 0 spiro atoms. The summed E-state index contributed by atoms with van der Waals surface area (Å²) in [5.41, 5.74) is 6.04. The molecule has 0 fully saturated rings. The normalized spacial score (nSPS) is 17.9. The van der Waals surface area contributed by atoms with Crippen LogP contribution in [-0.2, 0) is 9.16 Å². The van der Waals surface area contributed by atoms with Crippen LogP contribution in [0.5, 0.6) is 0 Å². The minimum Gasteiger partial charge on any atom is -0.414 e. The highest BCUT2D eigenvalue weighted by Gasteiger charge is 2.40. The van der Waals surface area contributed by atoms with E-state index < -0.39 is 8.32 Å². The Bertz CT molecular complexity index is 297. The number of rotatable bonds is 8. The monoisotopic (exact) mass is 301 g/mol. The molecular formula is C16H35NO2Si. The summed E-state index contributed by atoms with van der Waals surface area (Å²) in [4.78, 5) is 0. The first-order valence-electron chi connectivity index (χ1n) is 7.55. The van der Waals surface area contributed by atoms with E-state index in [-0.39, 0.29) is 23.3 Å². The van der Waals surface area contributed by atoms with Crippen molar-refractivity contribution in [2.45, 2.75) is 77.4 Å².